The summed E-state index contributed by atoms with van der Waals surface area (Å²) in [5.74, 6) is 0.172. The van der Waals surface area contributed by atoms with Crippen molar-refractivity contribution in [3.8, 4) is 5.75 Å². The van der Waals surface area contributed by atoms with Crippen molar-refractivity contribution in [1.82, 2.24) is 5.32 Å². The Morgan fingerprint density at radius 1 is 1.20 bits per heavy atom. The van der Waals surface area contributed by atoms with Gasteiger partial charge in [-0.15, -0.1) is 0 Å². The van der Waals surface area contributed by atoms with E-state index in [0.717, 1.165) is 37.2 Å². The molecule has 1 amide bonds. The normalized spacial score (nSPS) is 14.8. The molecule has 1 aliphatic heterocycles. The predicted octanol–water partition coefficient (Wildman–Crippen LogP) is 3.86. The highest BCUT2D eigenvalue weighted by atomic mass is 35.5. The maximum absolute atomic E-state index is 12.5. The summed E-state index contributed by atoms with van der Waals surface area (Å²) in [6, 6.07) is 10.7. The number of nitrogens with one attached hydrogen (secondary N) is 2. The van der Waals surface area contributed by atoms with Gasteiger partial charge in [0.2, 0.25) is 0 Å². The molecule has 1 fully saturated rings. The van der Waals surface area contributed by atoms with E-state index in [4.69, 9.17) is 16.3 Å². The van der Waals surface area contributed by atoms with Gasteiger partial charge in [-0.1, -0.05) is 17.7 Å². The van der Waals surface area contributed by atoms with Crippen LogP contribution in [-0.4, -0.2) is 41.4 Å². The summed E-state index contributed by atoms with van der Waals surface area (Å²) < 4.78 is 28.5. The molecule has 1 atom stereocenters. The summed E-state index contributed by atoms with van der Waals surface area (Å²) in [5, 5.41) is 3.38. The van der Waals surface area contributed by atoms with E-state index >= 15 is 0 Å². The molecule has 2 aromatic rings. The van der Waals surface area contributed by atoms with Crippen molar-refractivity contribution in [3.05, 3.63) is 52.5 Å². The maximum Gasteiger partial charge on any atom is 0.259 e. The van der Waals surface area contributed by atoms with Crippen LogP contribution in [0.2, 0.25) is 5.02 Å². The Kier molecular flexibility index (Phi) is 7.95. The van der Waals surface area contributed by atoms with E-state index in [-0.39, 0.29) is 5.91 Å². The van der Waals surface area contributed by atoms with Crippen LogP contribution in [0.5, 0.6) is 5.75 Å². The van der Waals surface area contributed by atoms with Crippen molar-refractivity contribution >= 4 is 40.1 Å². The number of benzene rings is 2. The van der Waals surface area contributed by atoms with Gasteiger partial charge < -0.3 is 15.0 Å². The van der Waals surface area contributed by atoms with Crippen LogP contribution in [0.3, 0.4) is 0 Å². The molecule has 0 saturated carbocycles. The molecule has 0 radical (unpaired) electrons. The summed E-state index contributed by atoms with van der Waals surface area (Å²) >= 11 is 3.79. The Labute approximate surface area is 184 Å². The highest BCUT2D eigenvalue weighted by Crippen LogP contribution is 2.30. The first-order valence-electron chi connectivity index (χ1n) is 9.85. The molecule has 2 aromatic carbocycles. The molecule has 30 heavy (non-hydrogen) atoms. The quantitative estimate of drug-likeness (QED) is 0.530. The van der Waals surface area contributed by atoms with E-state index in [0.29, 0.717) is 35.0 Å². The lowest BCUT2D eigenvalue weighted by Gasteiger charge is -2.30. The smallest absolute Gasteiger partial charge is 0.259 e. The molecule has 3 N–H and O–H groups in total. The molecule has 0 spiro atoms. The zero-order valence-corrected chi connectivity index (χ0v) is 18.4. The number of methoxy groups -OCH3 is 1. The van der Waals surface area contributed by atoms with E-state index in [1.165, 1.54) is 13.5 Å². The topological polar surface area (TPSA) is 90.9 Å². The molecular weight excluding hydrogens is 426 g/mol. The van der Waals surface area contributed by atoms with Crippen LogP contribution in [0.4, 0.5) is 11.4 Å². The maximum atomic E-state index is 12.5. The standard InChI is InChI=1S/C21H26ClN3O4S/c1-29-20-14-16(22)6-7-17(20)21(26)23-10-9-15-5-8-19(18(13-15)24-30(27)28)25-11-3-2-4-12-25/h5-8,13-14,24H,2-4,9-12H2,1H3,(H,23,26)(H,27,28). The Morgan fingerprint density at radius 3 is 2.67 bits per heavy atom. The van der Waals surface area contributed by atoms with Crippen LogP contribution in [0.25, 0.3) is 0 Å². The van der Waals surface area contributed by atoms with Crippen LogP contribution >= 0.6 is 11.6 Å². The summed E-state index contributed by atoms with van der Waals surface area (Å²) in [5.41, 5.74) is 2.92. The lowest BCUT2D eigenvalue weighted by molar-refractivity contribution is 0.0951. The number of hydrogen-bond acceptors (Lipinski definition) is 4. The number of carbonyl (C=O) groups excluding carboxylic acids is 1. The number of amides is 1. The highest BCUT2D eigenvalue weighted by molar-refractivity contribution is 7.80. The van der Waals surface area contributed by atoms with Gasteiger partial charge in [-0.2, -0.15) is 0 Å². The average Bonchev–Trinajstić information content (AvgIpc) is 2.74. The second kappa shape index (κ2) is 10.7. The monoisotopic (exact) mass is 451 g/mol. The number of nitrogens with zero attached hydrogens (tertiary/aromatic N) is 1. The van der Waals surface area contributed by atoms with Gasteiger partial charge in [-0.3, -0.25) is 14.1 Å². The third-order valence-electron chi connectivity index (χ3n) is 5.06. The largest absolute Gasteiger partial charge is 0.496 e. The lowest BCUT2D eigenvalue weighted by atomic mass is 10.1. The summed E-state index contributed by atoms with van der Waals surface area (Å²) in [6.45, 7) is 2.28. The van der Waals surface area contributed by atoms with Gasteiger partial charge >= 0.3 is 0 Å². The number of anilines is 2. The van der Waals surface area contributed by atoms with Gasteiger partial charge in [0.15, 0.2) is 0 Å². The molecule has 0 aromatic heterocycles. The fourth-order valence-corrected chi connectivity index (χ4v) is 4.11. The van der Waals surface area contributed by atoms with E-state index in [2.05, 4.69) is 14.9 Å². The molecule has 9 heteroatoms. The number of piperidine rings is 1. The van der Waals surface area contributed by atoms with Crippen LogP contribution in [0.1, 0.15) is 35.2 Å². The van der Waals surface area contributed by atoms with Gasteiger partial charge in [0.1, 0.15) is 5.75 Å². The molecule has 7 nitrogen and oxygen atoms in total. The molecule has 0 bridgehead atoms. The summed E-state index contributed by atoms with van der Waals surface area (Å²) in [6.07, 6.45) is 4.02. The minimum absolute atomic E-state index is 0.247. The minimum atomic E-state index is -2.15. The van der Waals surface area contributed by atoms with Crippen LogP contribution in [0.15, 0.2) is 36.4 Å². The Balaban J connectivity index is 1.66. The van der Waals surface area contributed by atoms with Crippen molar-refractivity contribution in [2.45, 2.75) is 25.7 Å². The first-order chi connectivity index (χ1) is 14.5. The molecular formula is C21H26ClN3O4S. The number of ether oxygens (including phenoxy) is 1. The first-order valence-corrected chi connectivity index (χ1v) is 11.3. The molecule has 1 unspecified atom stereocenters. The van der Waals surface area contributed by atoms with Crippen molar-refractivity contribution in [2.24, 2.45) is 0 Å². The van der Waals surface area contributed by atoms with Gasteiger partial charge in [0.25, 0.3) is 17.2 Å². The minimum Gasteiger partial charge on any atom is -0.496 e. The van der Waals surface area contributed by atoms with Gasteiger partial charge in [-0.05, 0) is 61.6 Å². The van der Waals surface area contributed by atoms with E-state index in [1.807, 2.05) is 18.2 Å². The van der Waals surface area contributed by atoms with Crippen molar-refractivity contribution < 1.29 is 18.3 Å². The zero-order chi connectivity index (χ0) is 21.5. The van der Waals surface area contributed by atoms with Crippen molar-refractivity contribution in [3.63, 3.8) is 0 Å². The number of rotatable bonds is 8. The highest BCUT2D eigenvalue weighted by Gasteiger charge is 2.16. The summed E-state index contributed by atoms with van der Waals surface area (Å²) in [7, 11) is 1.49. The molecule has 162 valence electrons. The van der Waals surface area contributed by atoms with E-state index in [1.54, 1.807) is 18.2 Å². The zero-order valence-electron chi connectivity index (χ0n) is 16.8. The first kappa shape index (κ1) is 22.4. The number of hydrogen-bond donors (Lipinski definition) is 3. The second-order valence-corrected chi connectivity index (χ2v) is 8.24. The number of carbonyl (C=O) groups is 1. The third kappa shape index (κ3) is 5.87. The van der Waals surface area contributed by atoms with Crippen LogP contribution in [0, 0.1) is 0 Å². The molecule has 3 rings (SSSR count). The molecule has 1 saturated heterocycles. The SMILES string of the molecule is COc1cc(Cl)ccc1C(=O)NCCc1ccc(N2CCCCC2)c(NS(=O)O)c1. The van der Waals surface area contributed by atoms with Crippen molar-refractivity contribution in [1.29, 1.82) is 0 Å². The summed E-state index contributed by atoms with van der Waals surface area (Å²) in [4.78, 5) is 14.7. The van der Waals surface area contributed by atoms with E-state index in [9.17, 15) is 13.6 Å². The Morgan fingerprint density at radius 2 is 1.97 bits per heavy atom. The fraction of sp³-hybridized carbons (Fsp3) is 0.381. The van der Waals surface area contributed by atoms with Crippen LogP contribution < -0.4 is 19.7 Å². The average molecular weight is 452 g/mol. The number of halogens is 1. The van der Waals surface area contributed by atoms with E-state index < -0.39 is 11.3 Å². The molecule has 1 aliphatic rings. The van der Waals surface area contributed by atoms with Crippen LogP contribution in [-0.2, 0) is 17.7 Å². The molecule has 0 aliphatic carbocycles. The van der Waals surface area contributed by atoms with Gasteiger partial charge in [0, 0.05) is 24.7 Å². The fourth-order valence-electron chi connectivity index (χ4n) is 3.59. The van der Waals surface area contributed by atoms with Gasteiger partial charge in [0.05, 0.1) is 24.0 Å². The molecule has 1 heterocycles. The second-order valence-electron chi connectivity index (χ2n) is 7.10. The Hall–Kier alpha value is -2.29. The third-order valence-corrected chi connectivity index (χ3v) is 5.69. The van der Waals surface area contributed by atoms with Gasteiger partial charge in [-0.25, -0.2) is 4.21 Å². The predicted molar refractivity (Wildman–Crippen MR) is 121 cm³/mol. The van der Waals surface area contributed by atoms with Crippen molar-refractivity contribution in [2.75, 3.05) is 36.4 Å². The Bertz CT molecular complexity index is 919. The lowest BCUT2D eigenvalue weighted by Crippen LogP contribution is -2.30.